The number of hydrogen-bond donors (Lipinski definition) is 1. The van der Waals surface area contributed by atoms with Gasteiger partial charge in [-0.3, -0.25) is 19.5 Å². The SMILES string of the molecule is CCCCCCCCCCCCCC(=O)NC(C)c1nnc(SCc2ccccc2)n1-c1ccc([N+](=O)[O-])cc1. The second-order valence-electron chi connectivity index (χ2n) is 10.3. The van der Waals surface area contributed by atoms with E-state index in [2.05, 4.69) is 34.6 Å². The number of rotatable bonds is 19. The largest absolute Gasteiger partial charge is 0.346 e. The fraction of sp³-hybridized carbons (Fsp3) is 0.516. The van der Waals surface area contributed by atoms with Crippen molar-refractivity contribution in [2.45, 2.75) is 108 Å². The minimum absolute atomic E-state index is 0.000150. The zero-order chi connectivity index (χ0) is 28.6. The lowest BCUT2D eigenvalue weighted by Gasteiger charge is -2.16. The van der Waals surface area contributed by atoms with Crippen molar-refractivity contribution >= 4 is 23.4 Å². The molecule has 3 rings (SSSR count). The zero-order valence-corrected chi connectivity index (χ0v) is 24.7. The summed E-state index contributed by atoms with van der Waals surface area (Å²) in [6, 6.07) is 16.0. The van der Waals surface area contributed by atoms with E-state index in [1.807, 2.05) is 29.7 Å². The second-order valence-corrected chi connectivity index (χ2v) is 11.2. The number of nitrogens with one attached hydrogen (secondary N) is 1. The summed E-state index contributed by atoms with van der Waals surface area (Å²) in [6.07, 6.45) is 14.2. The number of carbonyl (C=O) groups is 1. The van der Waals surface area contributed by atoms with Gasteiger partial charge in [-0.1, -0.05) is 113 Å². The number of aromatic nitrogens is 3. The first kappa shape index (κ1) is 31.3. The Morgan fingerprint density at radius 3 is 2.10 bits per heavy atom. The Labute approximate surface area is 242 Å². The van der Waals surface area contributed by atoms with E-state index in [4.69, 9.17) is 0 Å². The summed E-state index contributed by atoms with van der Waals surface area (Å²) in [7, 11) is 0. The van der Waals surface area contributed by atoms with E-state index in [0.29, 0.717) is 28.8 Å². The molecule has 9 heteroatoms. The Morgan fingerprint density at radius 1 is 0.900 bits per heavy atom. The Balaban J connectivity index is 1.53. The second kappa shape index (κ2) is 17.5. The number of amides is 1. The summed E-state index contributed by atoms with van der Waals surface area (Å²) in [6.45, 7) is 4.15. The number of non-ortho nitro benzene ring substituents is 1. The first-order chi connectivity index (χ1) is 19.5. The molecule has 1 amide bonds. The van der Waals surface area contributed by atoms with Crippen molar-refractivity contribution in [3.05, 3.63) is 76.1 Å². The van der Waals surface area contributed by atoms with Gasteiger partial charge in [0.1, 0.15) is 0 Å². The summed E-state index contributed by atoms with van der Waals surface area (Å²) in [5.74, 6) is 1.29. The Hall–Kier alpha value is -3.20. The molecule has 0 saturated carbocycles. The van der Waals surface area contributed by atoms with Crippen molar-refractivity contribution in [1.29, 1.82) is 0 Å². The fourth-order valence-electron chi connectivity index (χ4n) is 4.67. The summed E-state index contributed by atoms with van der Waals surface area (Å²) < 4.78 is 1.88. The van der Waals surface area contributed by atoms with Crippen LogP contribution in [0.5, 0.6) is 0 Å². The van der Waals surface area contributed by atoms with Gasteiger partial charge in [0, 0.05) is 30.0 Å². The van der Waals surface area contributed by atoms with E-state index < -0.39 is 4.92 Å². The average Bonchev–Trinajstić information content (AvgIpc) is 3.39. The number of nitrogens with zero attached hydrogens (tertiary/aromatic N) is 4. The lowest BCUT2D eigenvalue weighted by Crippen LogP contribution is -2.28. The highest BCUT2D eigenvalue weighted by molar-refractivity contribution is 7.98. The molecule has 1 unspecified atom stereocenters. The van der Waals surface area contributed by atoms with Crippen LogP contribution in [-0.2, 0) is 10.5 Å². The topological polar surface area (TPSA) is 103 Å². The molecule has 216 valence electrons. The minimum Gasteiger partial charge on any atom is -0.346 e. The molecule has 3 aromatic rings. The van der Waals surface area contributed by atoms with Gasteiger partial charge in [0.15, 0.2) is 11.0 Å². The molecule has 1 aromatic heterocycles. The first-order valence-corrected chi connectivity index (χ1v) is 15.6. The van der Waals surface area contributed by atoms with Crippen LogP contribution in [0.3, 0.4) is 0 Å². The van der Waals surface area contributed by atoms with Gasteiger partial charge in [-0.25, -0.2) is 0 Å². The number of nitro benzene ring substituents is 1. The van der Waals surface area contributed by atoms with E-state index in [9.17, 15) is 14.9 Å². The van der Waals surface area contributed by atoms with Gasteiger partial charge < -0.3 is 5.32 Å². The lowest BCUT2D eigenvalue weighted by molar-refractivity contribution is -0.384. The van der Waals surface area contributed by atoms with E-state index >= 15 is 0 Å². The van der Waals surface area contributed by atoms with Crippen LogP contribution >= 0.6 is 11.8 Å². The van der Waals surface area contributed by atoms with Crippen LogP contribution in [0.25, 0.3) is 5.69 Å². The van der Waals surface area contributed by atoms with E-state index in [1.165, 1.54) is 81.7 Å². The molecule has 0 fully saturated rings. The Kier molecular flexibility index (Phi) is 13.7. The van der Waals surface area contributed by atoms with Crippen LogP contribution in [0.2, 0.25) is 0 Å². The molecule has 0 saturated heterocycles. The standard InChI is InChI=1S/C31H43N5O3S/c1-3-4-5-6-7-8-9-10-11-12-16-19-29(37)32-25(2)30-33-34-31(40-24-26-17-14-13-15-18-26)35(30)27-20-22-28(23-21-27)36(38)39/h13-15,17-18,20-23,25H,3-12,16,19,24H2,1-2H3,(H,32,37). The smallest absolute Gasteiger partial charge is 0.269 e. The summed E-state index contributed by atoms with van der Waals surface area (Å²) >= 11 is 1.53. The molecule has 0 aliphatic carbocycles. The van der Waals surface area contributed by atoms with Gasteiger partial charge in [0.25, 0.3) is 5.69 Å². The zero-order valence-electron chi connectivity index (χ0n) is 23.9. The van der Waals surface area contributed by atoms with Crippen molar-refractivity contribution in [2.24, 2.45) is 0 Å². The average molecular weight is 566 g/mol. The normalized spacial score (nSPS) is 11.8. The van der Waals surface area contributed by atoms with E-state index in [-0.39, 0.29) is 17.6 Å². The number of nitro groups is 1. The third-order valence-corrected chi connectivity index (χ3v) is 7.96. The number of thioether (sulfide) groups is 1. The van der Waals surface area contributed by atoms with E-state index in [1.54, 1.807) is 12.1 Å². The Morgan fingerprint density at radius 2 is 1.50 bits per heavy atom. The van der Waals surface area contributed by atoms with Crippen molar-refractivity contribution in [3.63, 3.8) is 0 Å². The first-order valence-electron chi connectivity index (χ1n) is 14.7. The van der Waals surface area contributed by atoms with Crippen molar-refractivity contribution in [3.8, 4) is 5.69 Å². The van der Waals surface area contributed by atoms with Crippen LogP contribution in [0, 0.1) is 10.1 Å². The molecule has 0 radical (unpaired) electrons. The third-order valence-electron chi connectivity index (χ3n) is 6.96. The molecular formula is C31H43N5O3S. The molecule has 1 heterocycles. The molecule has 0 bridgehead atoms. The van der Waals surface area contributed by atoms with Gasteiger partial charge in [-0.15, -0.1) is 10.2 Å². The van der Waals surface area contributed by atoms with Crippen LogP contribution in [-0.4, -0.2) is 25.6 Å². The fourth-order valence-corrected chi connectivity index (χ4v) is 5.59. The molecule has 1 atom stereocenters. The van der Waals surface area contributed by atoms with Crippen LogP contribution in [0.15, 0.2) is 59.8 Å². The number of hydrogen-bond acceptors (Lipinski definition) is 6. The van der Waals surface area contributed by atoms with Gasteiger partial charge in [-0.05, 0) is 31.0 Å². The van der Waals surface area contributed by atoms with Crippen molar-refractivity contribution in [1.82, 2.24) is 20.1 Å². The monoisotopic (exact) mass is 565 g/mol. The minimum atomic E-state index is -0.417. The molecule has 0 aliphatic rings. The summed E-state index contributed by atoms with van der Waals surface area (Å²) in [5.41, 5.74) is 1.89. The van der Waals surface area contributed by atoms with Gasteiger partial charge in [-0.2, -0.15) is 0 Å². The summed E-state index contributed by atoms with van der Waals surface area (Å²) in [4.78, 5) is 23.5. The predicted octanol–water partition coefficient (Wildman–Crippen LogP) is 8.35. The van der Waals surface area contributed by atoms with Crippen LogP contribution in [0.4, 0.5) is 5.69 Å². The number of carbonyl (C=O) groups excluding carboxylic acids is 1. The number of benzene rings is 2. The van der Waals surface area contributed by atoms with Crippen LogP contribution in [0.1, 0.15) is 108 Å². The van der Waals surface area contributed by atoms with Crippen LogP contribution < -0.4 is 5.32 Å². The van der Waals surface area contributed by atoms with Crippen molar-refractivity contribution in [2.75, 3.05) is 0 Å². The van der Waals surface area contributed by atoms with Gasteiger partial charge in [0.05, 0.1) is 11.0 Å². The van der Waals surface area contributed by atoms with Gasteiger partial charge >= 0.3 is 0 Å². The van der Waals surface area contributed by atoms with Crippen molar-refractivity contribution < 1.29 is 9.72 Å². The molecule has 1 N–H and O–H groups in total. The molecule has 0 spiro atoms. The maximum Gasteiger partial charge on any atom is 0.269 e. The molecule has 8 nitrogen and oxygen atoms in total. The Bertz CT molecular complexity index is 1170. The highest BCUT2D eigenvalue weighted by atomic mass is 32.2. The number of unbranched alkanes of at least 4 members (excludes halogenated alkanes) is 10. The maximum absolute atomic E-state index is 12.7. The predicted molar refractivity (Wildman–Crippen MR) is 162 cm³/mol. The molecule has 2 aromatic carbocycles. The molecule has 0 aliphatic heterocycles. The van der Waals surface area contributed by atoms with Gasteiger partial charge in [0.2, 0.25) is 5.91 Å². The maximum atomic E-state index is 12.7. The highest BCUT2D eigenvalue weighted by Gasteiger charge is 2.21. The lowest BCUT2D eigenvalue weighted by atomic mass is 10.1. The third kappa shape index (κ3) is 10.4. The highest BCUT2D eigenvalue weighted by Crippen LogP contribution is 2.28. The van der Waals surface area contributed by atoms with E-state index in [0.717, 1.165) is 18.4 Å². The molecule has 40 heavy (non-hydrogen) atoms. The molecular weight excluding hydrogens is 522 g/mol. The quantitative estimate of drug-likeness (QED) is 0.0678. The summed E-state index contributed by atoms with van der Waals surface area (Å²) in [5, 5.41) is 23.7.